The summed E-state index contributed by atoms with van der Waals surface area (Å²) in [6.07, 6.45) is 6.40. The number of amides is 2. The third-order valence-corrected chi connectivity index (χ3v) is 3.13. The SMILES string of the molecule is C=CCN(C)C(=O)NCCc1cn2cccc(C)c2n1. The molecule has 2 amide bonds. The first-order valence-corrected chi connectivity index (χ1v) is 6.65. The van der Waals surface area contributed by atoms with Crippen LogP contribution in [0, 0.1) is 6.92 Å². The number of carbonyl (C=O) groups is 1. The van der Waals surface area contributed by atoms with Crippen LogP contribution in [0.1, 0.15) is 11.3 Å². The normalized spacial score (nSPS) is 10.5. The Morgan fingerprint density at radius 3 is 3.10 bits per heavy atom. The molecule has 20 heavy (non-hydrogen) atoms. The van der Waals surface area contributed by atoms with Gasteiger partial charge in [0, 0.05) is 39.0 Å². The summed E-state index contributed by atoms with van der Waals surface area (Å²) in [6, 6.07) is 3.95. The Labute approximate surface area is 118 Å². The van der Waals surface area contributed by atoms with Crippen molar-refractivity contribution < 1.29 is 4.79 Å². The number of nitrogens with one attached hydrogen (secondary N) is 1. The zero-order valence-corrected chi connectivity index (χ0v) is 12.0. The van der Waals surface area contributed by atoms with Gasteiger partial charge in [0.05, 0.1) is 5.69 Å². The van der Waals surface area contributed by atoms with Crippen molar-refractivity contribution >= 4 is 11.7 Å². The number of imidazole rings is 1. The monoisotopic (exact) mass is 272 g/mol. The van der Waals surface area contributed by atoms with E-state index in [4.69, 9.17) is 0 Å². The minimum Gasteiger partial charge on any atom is -0.338 e. The number of hydrogen-bond donors (Lipinski definition) is 1. The highest BCUT2D eigenvalue weighted by Gasteiger charge is 2.07. The molecule has 1 N–H and O–H groups in total. The van der Waals surface area contributed by atoms with Crippen LogP contribution in [0.5, 0.6) is 0 Å². The highest BCUT2D eigenvalue weighted by Crippen LogP contribution is 2.09. The number of fused-ring (bicyclic) bond motifs is 1. The molecule has 0 aliphatic carbocycles. The van der Waals surface area contributed by atoms with Gasteiger partial charge >= 0.3 is 6.03 Å². The maximum Gasteiger partial charge on any atom is 0.317 e. The molecule has 2 aromatic rings. The van der Waals surface area contributed by atoms with E-state index in [1.807, 2.05) is 35.9 Å². The van der Waals surface area contributed by atoms with Crippen LogP contribution in [0.3, 0.4) is 0 Å². The highest BCUT2D eigenvalue weighted by atomic mass is 16.2. The van der Waals surface area contributed by atoms with Crippen molar-refractivity contribution in [1.29, 1.82) is 0 Å². The number of pyridine rings is 1. The van der Waals surface area contributed by atoms with Crippen LogP contribution in [0.4, 0.5) is 4.79 Å². The Bertz CT molecular complexity index is 617. The number of aromatic nitrogens is 2. The molecular formula is C15H20N4O. The molecule has 0 unspecified atom stereocenters. The number of likely N-dealkylation sites (N-methyl/N-ethyl adjacent to an activating group) is 1. The molecule has 2 heterocycles. The first-order valence-electron chi connectivity index (χ1n) is 6.65. The van der Waals surface area contributed by atoms with Gasteiger partial charge in [-0.05, 0) is 18.6 Å². The third-order valence-electron chi connectivity index (χ3n) is 3.13. The predicted molar refractivity (Wildman–Crippen MR) is 79.9 cm³/mol. The lowest BCUT2D eigenvalue weighted by Gasteiger charge is -2.15. The number of carbonyl (C=O) groups excluding carboxylic acids is 1. The van der Waals surface area contributed by atoms with Crippen LogP contribution in [0.2, 0.25) is 0 Å². The van der Waals surface area contributed by atoms with Gasteiger partial charge in [-0.25, -0.2) is 9.78 Å². The fourth-order valence-corrected chi connectivity index (χ4v) is 2.03. The molecule has 0 aliphatic rings. The van der Waals surface area contributed by atoms with Gasteiger partial charge in [0.15, 0.2) is 0 Å². The van der Waals surface area contributed by atoms with E-state index in [2.05, 4.69) is 16.9 Å². The average molecular weight is 272 g/mol. The lowest BCUT2D eigenvalue weighted by atomic mass is 10.3. The number of rotatable bonds is 5. The Kier molecular flexibility index (Phi) is 4.40. The minimum absolute atomic E-state index is 0.0927. The van der Waals surface area contributed by atoms with Gasteiger partial charge in [-0.3, -0.25) is 0 Å². The van der Waals surface area contributed by atoms with Crippen molar-refractivity contribution in [3.05, 3.63) is 48.4 Å². The molecule has 2 rings (SSSR count). The second-order valence-corrected chi connectivity index (χ2v) is 4.81. The predicted octanol–water partition coefficient (Wildman–Crippen LogP) is 2.01. The molecule has 0 aliphatic heterocycles. The zero-order chi connectivity index (χ0) is 14.5. The Morgan fingerprint density at radius 1 is 1.60 bits per heavy atom. The molecule has 0 radical (unpaired) electrons. The Morgan fingerprint density at radius 2 is 2.40 bits per heavy atom. The Hall–Kier alpha value is -2.30. The van der Waals surface area contributed by atoms with E-state index in [-0.39, 0.29) is 6.03 Å². The van der Waals surface area contributed by atoms with Crippen LogP contribution >= 0.6 is 0 Å². The molecule has 0 saturated heterocycles. The first kappa shape index (κ1) is 14.1. The summed E-state index contributed by atoms with van der Waals surface area (Å²) in [5, 5.41) is 2.86. The molecule has 0 atom stereocenters. The maximum atomic E-state index is 11.7. The topological polar surface area (TPSA) is 49.6 Å². The quantitative estimate of drug-likeness (QED) is 0.846. The van der Waals surface area contributed by atoms with Crippen LogP contribution in [-0.2, 0) is 6.42 Å². The molecule has 2 aromatic heterocycles. The number of aryl methyl sites for hydroxylation is 1. The van der Waals surface area contributed by atoms with Gasteiger partial charge in [-0.1, -0.05) is 12.1 Å². The summed E-state index contributed by atoms with van der Waals surface area (Å²) >= 11 is 0. The van der Waals surface area contributed by atoms with E-state index in [0.717, 1.165) is 23.3 Å². The molecule has 0 fully saturated rings. The van der Waals surface area contributed by atoms with Gasteiger partial charge in [-0.2, -0.15) is 0 Å². The van der Waals surface area contributed by atoms with Crippen molar-refractivity contribution in [1.82, 2.24) is 19.6 Å². The molecule has 5 heteroatoms. The second kappa shape index (κ2) is 6.23. The van der Waals surface area contributed by atoms with E-state index in [0.29, 0.717) is 13.1 Å². The molecule has 106 valence electrons. The van der Waals surface area contributed by atoms with Crippen molar-refractivity contribution in [3.63, 3.8) is 0 Å². The zero-order valence-electron chi connectivity index (χ0n) is 12.0. The van der Waals surface area contributed by atoms with Crippen molar-refractivity contribution in [3.8, 4) is 0 Å². The van der Waals surface area contributed by atoms with E-state index >= 15 is 0 Å². The van der Waals surface area contributed by atoms with E-state index in [1.165, 1.54) is 0 Å². The van der Waals surface area contributed by atoms with Crippen LogP contribution in [-0.4, -0.2) is 40.5 Å². The van der Waals surface area contributed by atoms with Gasteiger partial charge in [0.2, 0.25) is 0 Å². The van der Waals surface area contributed by atoms with E-state index in [1.54, 1.807) is 18.0 Å². The average Bonchev–Trinajstić information content (AvgIpc) is 2.83. The largest absolute Gasteiger partial charge is 0.338 e. The molecule has 5 nitrogen and oxygen atoms in total. The Balaban J connectivity index is 1.91. The first-order chi connectivity index (χ1) is 9.61. The molecule has 0 spiro atoms. The standard InChI is InChI=1S/C15H20N4O/c1-4-9-18(3)15(20)16-8-7-13-11-19-10-5-6-12(2)14(19)17-13/h4-6,10-11H,1,7-9H2,2-3H3,(H,16,20). The van der Waals surface area contributed by atoms with E-state index < -0.39 is 0 Å². The van der Waals surface area contributed by atoms with Gasteiger partial charge in [0.1, 0.15) is 5.65 Å². The summed E-state index contributed by atoms with van der Waals surface area (Å²) in [5.74, 6) is 0. The van der Waals surface area contributed by atoms with E-state index in [9.17, 15) is 4.79 Å². The van der Waals surface area contributed by atoms with Crippen molar-refractivity contribution in [2.75, 3.05) is 20.1 Å². The summed E-state index contributed by atoms with van der Waals surface area (Å²) < 4.78 is 2.01. The lowest BCUT2D eigenvalue weighted by molar-refractivity contribution is 0.213. The lowest BCUT2D eigenvalue weighted by Crippen LogP contribution is -2.38. The molecule has 0 saturated carbocycles. The van der Waals surface area contributed by atoms with Gasteiger partial charge < -0.3 is 14.6 Å². The van der Waals surface area contributed by atoms with Crippen LogP contribution in [0.15, 0.2) is 37.2 Å². The second-order valence-electron chi connectivity index (χ2n) is 4.81. The van der Waals surface area contributed by atoms with Crippen LogP contribution < -0.4 is 5.32 Å². The number of urea groups is 1. The smallest absolute Gasteiger partial charge is 0.317 e. The maximum absolute atomic E-state index is 11.7. The fraction of sp³-hybridized carbons (Fsp3) is 0.333. The summed E-state index contributed by atoms with van der Waals surface area (Å²) in [7, 11) is 1.74. The minimum atomic E-state index is -0.0927. The molecule has 0 bridgehead atoms. The summed E-state index contributed by atoms with van der Waals surface area (Å²) in [6.45, 7) is 6.76. The molecular weight excluding hydrogens is 252 g/mol. The van der Waals surface area contributed by atoms with Gasteiger partial charge in [0.25, 0.3) is 0 Å². The van der Waals surface area contributed by atoms with Crippen molar-refractivity contribution in [2.24, 2.45) is 0 Å². The van der Waals surface area contributed by atoms with Crippen molar-refractivity contribution in [2.45, 2.75) is 13.3 Å². The van der Waals surface area contributed by atoms with Crippen LogP contribution in [0.25, 0.3) is 5.65 Å². The summed E-state index contributed by atoms with van der Waals surface area (Å²) in [5.41, 5.74) is 3.09. The summed E-state index contributed by atoms with van der Waals surface area (Å²) in [4.78, 5) is 17.8. The highest BCUT2D eigenvalue weighted by molar-refractivity contribution is 5.73. The third kappa shape index (κ3) is 3.17. The fourth-order valence-electron chi connectivity index (χ4n) is 2.03. The number of nitrogens with zero attached hydrogens (tertiary/aromatic N) is 3. The van der Waals surface area contributed by atoms with Gasteiger partial charge in [-0.15, -0.1) is 6.58 Å². The molecule has 0 aromatic carbocycles. The number of hydrogen-bond acceptors (Lipinski definition) is 2.